The number of hydrogen-bond acceptors (Lipinski definition) is 7. The van der Waals surface area contributed by atoms with E-state index < -0.39 is 10.4 Å². The van der Waals surface area contributed by atoms with Crippen molar-refractivity contribution in [2.45, 2.75) is 110 Å². The van der Waals surface area contributed by atoms with Gasteiger partial charge in [-0.1, -0.05) is 103 Å². The molecule has 0 bridgehead atoms. The van der Waals surface area contributed by atoms with Crippen LogP contribution in [0.15, 0.2) is 0 Å². The fraction of sp³-hybridized carbons (Fsp3) is 1.00. The van der Waals surface area contributed by atoms with Gasteiger partial charge in [0.25, 0.3) is 0 Å². The first-order valence-corrected chi connectivity index (χ1v) is 14.2. The summed E-state index contributed by atoms with van der Waals surface area (Å²) in [6, 6.07) is 0. The number of unbranched alkanes of at least 4 members (excludes halogenated alkanes) is 15. The minimum atomic E-state index is -4.63. The van der Waals surface area contributed by atoms with Crippen LogP contribution in [0.2, 0.25) is 0 Å². The van der Waals surface area contributed by atoms with E-state index in [9.17, 15) is 13.0 Å². The third kappa shape index (κ3) is 35.0. The van der Waals surface area contributed by atoms with Crippen LogP contribution in [0, 0.1) is 0 Å². The van der Waals surface area contributed by atoms with Gasteiger partial charge in [0.15, 0.2) is 0 Å². The molecule has 0 aromatic carbocycles. The Hall–Kier alpha value is 0.750. The van der Waals surface area contributed by atoms with E-state index in [2.05, 4.69) is 11.1 Å². The third-order valence-corrected chi connectivity index (χ3v) is 5.80. The van der Waals surface area contributed by atoms with Crippen LogP contribution in [0.5, 0.6) is 0 Å². The van der Waals surface area contributed by atoms with E-state index in [0.717, 1.165) is 13.0 Å². The maximum absolute atomic E-state index is 10.2. The van der Waals surface area contributed by atoms with Crippen molar-refractivity contribution in [2.24, 2.45) is 0 Å². The van der Waals surface area contributed by atoms with E-state index in [-0.39, 0.29) is 42.8 Å². The van der Waals surface area contributed by atoms with Gasteiger partial charge in [-0.15, -0.1) is 0 Å². The Morgan fingerprint density at radius 1 is 0.485 bits per heavy atom. The van der Waals surface area contributed by atoms with Crippen LogP contribution in [0.4, 0.5) is 0 Å². The van der Waals surface area contributed by atoms with E-state index in [1.807, 2.05) is 0 Å². The second-order valence-corrected chi connectivity index (χ2v) is 9.42. The molecule has 33 heavy (non-hydrogen) atoms. The molecular weight excluding hydrogens is 455 g/mol. The number of ether oxygens (including phenoxy) is 3. The Bertz CT molecular complexity index is 464. The number of hydrogen-bond donors (Lipinski definition) is 0. The molecule has 9 heteroatoms. The normalized spacial score (nSPS) is 11.6. The zero-order valence-corrected chi connectivity index (χ0v) is 24.3. The van der Waals surface area contributed by atoms with E-state index in [0.29, 0.717) is 26.4 Å². The second-order valence-electron chi connectivity index (χ2n) is 8.37. The van der Waals surface area contributed by atoms with Crippen LogP contribution < -0.4 is 29.6 Å². The minimum Gasteiger partial charge on any atom is -0.726 e. The largest absolute Gasteiger partial charge is 1.00 e. The van der Waals surface area contributed by atoms with Gasteiger partial charge < -0.3 is 18.8 Å². The molecule has 0 unspecified atom stereocenters. The van der Waals surface area contributed by atoms with Crippen LogP contribution in [-0.4, -0.2) is 59.2 Å². The van der Waals surface area contributed by atoms with Crippen molar-refractivity contribution >= 4 is 10.4 Å². The van der Waals surface area contributed by atoms with Crippen molar-refractivity contribution < 1.29 is 60.9 Å². The smallest absolute Gasteiger partial charge is 0.726 e. The van der Waals surface area contributed by atoms with Crippen molar-refractivity contribution in [3.8, 4) is 0 Å². The van der Waals surface area contributed by atoms with Gasteiger partial charge in [0, 0.05) is 6.61 Å². The summed E-state index contributed by atoms with van der Waals surface area (Å²) in [5.41, 5.74) is 0. The summed E-state index contributed by atoms with van der Waals surface area (Å²) < 4.78 is 50.6. The number of rotatable bonds is 27. The van der Waals surface area contributed by atoms with Gasteiger partial charge in [0.05, 0.1) is 39.6 Å². The average Bonchev–Trinajstić information content (AvgIpc) is 2.75. The minimum absolute atomic E-state index is 0. The fourth-order valence-electron chi connectivity index (χ4n) is 3.49. The Morgan fingerprint density at radius 2 is 0.788 bits per heavy atom. The average molecular weight is 505 g/mol. The monoisotopic (exact) mass is 504 g/mol. The van der Waals surface area contributed by atoms with Crippen molar-refractivity contribution in [3.05, 3.63) is 0 Å². The molecule has 0 aliphatic rings. The maximum Gasteiger partial charge on any atom is 1.00 e. The second kappa shape index (κ2) is 29.0. The molecule has 0 N–H and O–H groups in total. The fourth-order valence-corrected chi connectivity index (χ4v) is 3.76. The van der Waals surface area contributed by atoms with E-state index >= 15 is 0 Å². The van der Waals surface area contributed by atoms with E-state index in [4.69, 9.17) is 14.2 Å². The van der Waals surface area contributed by atoms with Gasteiger partial charge in [0.1, 0.15) is 0 Å². The maximum atomic E-state index is 10.2. The summed E-state index contributed by atoms with van der Waals surface area (Å²) in [6.07, 6.45) is 21.9. The Morgan fingerprint density at radius 3 is 1.15 bits per heavy atom. The molecule has 0 saturated carbocycles. The van der Waals surface area contributed by atoms with E-state index in [1.54, 1.807) is 0 Å². The van der Waals surface area contributed by atoms with Crippen LogP contribution in [0.3, 0.4) is 0 Å². The topological polar surface area (TPSA) is 94.1 Å². The Labute approximate surface area is 226 Å². The molecule has 0 saturated heterocycles. The van der Waals surface area contributed by atoms with Crippen LogP contribution in [0.25, 0.3) is 0 Å². The molecule has 0 radical (unpaired) electrons. The molecule has 0 aromatic rings. The predicted octanol–water partition coefficient (Wildman–Crippen LogP) is 2.78. The molecule has 0 rings (SSSR count). The molecule has 0 aliphatic carbocycles. The SMILES string of the molecule is CCCCCCCCCCCCCCCCCCOCCOCCOCCOS(=O)(=O)[O-].[Na+]. The molecule has 0 fully saturated rings. The van der Waals surface area contributed by atoms with Crippen molar-refractivity contribution in [2.75, 3.05) is 46.2 Å². The molecule has 0 amide bonds. The van der Waals surface area contributed by atoms with Crippen molar-refractivity contribution in [1.29, 1.82) is 0 Å². The molecule has 194 valence electrons. The molecule has 0 aliphatic heterocycles. The molecule has 0 aromatic heterocycles. The quantitative estimate of drug-likeness (QED) is 0.0735. The standard InChI is InChI=1S/C24H50O7S.Na/c1-2-3-4-5-6-7-8-9-10-11-12-13-14-15-16-17-18-28-19-20-29-21-22-30-23-24-31-32(25,26)27;/h2-24H2,1H3,(H,25,26,27);/q;+1/p-1. The Kier molecular flexibility index (Phi) is 31.5. The van der Waals surface area contributed by atoms with Gasteiger partial charge in [-0.25, -0.2) is 8.42 Å². The van der Waals surface area contributed by atoms with Gasteiger partial charge in [-0.3, -0.25) is 4.18 Å². The molecule has 0 spiro atoms. The Balaban J connectivity index is 0. The van der Waals surface area contributed by atoms with Gasteiger partial charge >= 0.3 is 29.6 Å². The first kappa shape index (κ1) is 35.9. The summed E-state index contributed by atoms with van der Waals surface area (Å²) in [4.78, 5) is 0. The predicted molar refractivity (Wildman–Crippen MR) is 128 cm³/mol. The third-order valence-electron chi connectivity index (χ3n) is 5.34. The first-order chi connectivity index (χ1) is 15.6. The molecular formula is C24H49NaO7S. The summed E-state index contributed by atoms with van der Waals surface area (Å²) in [6.45, 7) is 4.61. The first-order valence-electron chi connectivity index (χ1n) is 12.9. The summed E-state index contributed by atoms with van der Waals surface area (Å²) >= 11 is 0. The zero-order chi connectivity index (χ0) is 23.6. The van der Waals surface area contributed by atoms with Crippen LogP contribution >= 0.6 is 0 Å². The summed E-state index contributed by atoms with van der Waals surface area (Å²) in [5, 5.41) is 0. The molecule has 7 nitrogen and oxygen atoms in total. The summed E-state index contributed by atoms with van der Waals surface area (Å²) in [7, 11) is -4.63. The van der Waals surface area contributed by atoms with Gasteiger partial charge in [-0.2, -0.15) is 0 Å². The molecule has 0 atom stereocenters. The molecule has 0 heterocycles. The van der Waals surface area contributed by atoms with Gasteiger partial charge in [-0.05, 0) is 6.42 Å². The van der Waals surface area contributed by atoms with Crippen molar-refractivity contribution in [1.82, 2.24) is 0 Å². The van der Waals surface area contributed by atoms with E-state index in [1.165, 1.54) is 96.3 Å². The van der Waals surface area contributed by atoms with Crippen molar-refractivity contribution in [3.63, 3.8) is 0 Å². The van der Waals surface area contributed by atoms with Crippen LogP contribution in [-0.2, 0) is 28.8 Å². The van der Waals surface area contributed by atoms with Gasteiger partial charge in [0.2, 0.25) is 10.4 Å². The van der Waals surface area contributed by atoms with Crippen LogP contribution in [0.1, 0.15) is 110 Å². The zero-order valence-electron chi connectivity index (χ0n) is 21.5. The summed E-state index contributed by atoms with van der Waals surface area (Å²) in [5.74, 6) is 0.